The number of rotatable bonds is 7. The molecule has 0 saturated heterocycles. The average Bonchev–Trinajstić information content (AvgIpc) is 2.44. The van der Waals surface area contributed by atoms with Crippen molar-refractivity contribution in [3.8, 4) is 0 Å². The van der Waals surface area contributed by atoms with Gasteiger partial charge in [-0.2, -0.15) is 0 Å². The number of unbranched alkanes of at least 4 members (excludes halogenated alkanes) is 1. The second kappa shape index (κ2) is 11.7. The summed E-state index contributed by atoms with van der Waals surface area (Å²) in [5.41, 5.74) is 0.984. The van der Waals surface area contributed by atoms with Crippen LogP contribution in [-0.4, -0.2) is 36.0 Å². The number of guanidine groups is 1. The van der Waals surface area contributed by atoms with E-state index in [2.05, 4.69) is 40.7 Å². The van der Waals surface area contributed by atoms with Gasteiger partial charge < -0.3 is 10.2 Å². The molecule has 1 N–H and O–H groups in total. The van der Waals surface area contributed by atoms with Crippen molar-refractivity contribution in [2.24, 2.45) is 4.99 Å². The molecule has 0 atom stereocenters. The van der Waals surface area contributed by atoms with Crippen molar-refractivity contribution in [2.75, 3.05) is 20.1 Å². The molecule has 0 saturated carbocycles. The molecule has 0 fully saturated rings. The van der Waals surface area contributed by atoms with Gasteiger partial charge in [-0.15, -0.1) is 30.6 Å². The minimum atomic E-state index is 0. The topological polar surface area (TPSA) is 40.5 Å². The number of nitrogens with zero attached hydrogens (tertiary/aromatic N) is 3. The Bertz CT molecular complexity index is 392. The Morgan fingerprint density at radius 2 is 2.30 bits per heavy atom. The molecular weight excluding hydrogens is 363 g/mol. The summed E-state index contributed by atoms with van der Waals surface area (Å²) < 4.78 is 0. The lowest BCUT2D eigenvalue weighted by Gasteiger charge is -2.21. The number of halogens is 1. The fraction of sp³-hybridized carbons (Fsp3) is 0.467. The number of pyridine rings is 1. The summed E-state index contributed by atoms with van der Waals surface area (Å²) in [4.78, 5) is 11.0. The van der Waals surface area contributed by atoms with Gasteiger partial charge in [-0.1, -0.05) is 12.1 Å². The van der Waals surface area contributed by atoms with Crippen molar-refractivity contribution in [1.29, 1.82) is 0 Å². The molecule has 0 unspecified atom stereocenters. The normalized spacial score (nSPS) is 10.6. The smallest absolute Gasteiger partial charge is 0.194 e. The molecule has 0 amide bonds. The second-order valence-corrected chi connectivity index (χ2v) is 4.34. The first-order valence-electron chi connectivity index (χ1n) is 6.78. The van der Waals surface area contributed by atoms with Crippen LogP contribution in [0.15, 0.2) is 42.0 Å². The predicted octanol–water partition coefficient (Wildman–Crippen LogP) is 3.06. The molecule has 0 bridgehead atoms. The summed E-state index contributed by atoms with van der Waals surface area (Å²) in [7, 11) is 2.06. The molecule has 0 aliphatic rings. The maximum atomic E-state index is 4.61. The fourth-order valence-electron chi connectivity index (χ4n) is 1.70. The predicted molar refractivity (Wildman–Crippen MR) is 96.5 cm³/mol. The first-order chi connectivity index (χ1) is 9.27. The van der Waals surface area contributed by atoms with Crippen LogP contribution in [0.4, 0.5) is 0 Å². The zero-order chi connectivity index (χ0) is 13.9. The molecule has 5 heteroatoms. The van der Waals surface area contributed by atoms with Gasteiger partial charge in [-0.25, -0.2) is 4.99 Å². The van der Waals surface area contributed by atoms with E-state index in [0.29, 0.717) is 6.54 Å². The number of allylic oxidation sites excluding steroid dienone is 1. The van der Waals surface area contributed by atoms with Gasteiger partial charge in [0, 0.05) is 26.3 Å². The van der Waals surface area contributed by atoms with E-state index in [1.54, 1.807) is 6.20 Å². The Morgan fingerprint density at radius 1 is 1.50 bits per heavy atom. The van der Waals surface area contributed by atoms with E-state index in [9.17, 15) is 0 Å². The van der Waals surface area contributed by atoms with E-state index >= 15 is 0 Å². The molecule has 1 rings (SSSR count). The van der Waals surface area contributed by atoms with Gasteiger partial charge in [0.05, 0.1) is 12.2 Å². The Morgan fingerprint density at radius 3 is 2.90 bits per heavy atom. The maximum absolute atomic E-state index is 4.61. The van der Waals surface area contributed by atoms with Crippen molar-refractivity contribution in [3.63, 3.8) is 0 Å². The molecule has 1 aromatic heterocycles. The van der Waals surface area contributed by atoms with E-state index < -0.39 is 0 Å². The van der Waals surface area contributed by atoms with Crippen molar-refractivity contribution in [3.05, 3.63) is 42.7 Å². The first kappa shape index (κ1) is 18.9. The van der Waals surface area contributed by atoms with Gasteiger partial charge in [0.15, 0.2) is 5.96 Å². The summed E-state index contributed by atoms with van der Waals surface area (Å²) in [6.45, 7) is 8.27. The lowest BCUT2D eigenvalue weighted by atomic mass is 10.3. The van der Waals surface area contributed by atoms with Crippen LogP contribution in [0.2, 0.25) is 0 Å². The van der Waals surface area contributed by atoms with Crippen molar-refractivity contribution < 1.29 is 0 Å². The highest BCUT2D eigenvalue weighted by Gasteiger charge is 2.04. The largest absolute Gasteiger partial charge is 0.357 e. The third kappa shape index (κ3) is 7.47. The number of aliphatic imine (C=N–C) groups is 1. The Kier molecular flexibility index (Phi) is 11.0. The van der Waals surface area contributed by atoms with Crippen LogP contribution in [0.1, 0.15) is 25.5 Å². The third-order valence-corrected chi connectivity index (χ3v) is 2.72. The highest BCUT2D eigenvalue weighted by atomic mass is 127. The summed E-state index contributed by atoms with van der Waals surface area (Å²) in [5.74, 6) is 0.928. The van der Waals surface area contributed by atoms with Gasteiger partial charge in [-0.05, 0) is 31.9 Å². The standard InChI is InChI=1S/C15H24N4.HI/c1-4-6-9-12-19(3)15(16-5-2)18-13-14-10-7-8-11-17-14;/h4,7-8,10-11H,1,5-6,9,12-13H2,2-3H3,(H,16,18);1H. The van der Waals surface area contributed by atoms with Gasteiger partial charge in [0.25, 0.3) is 0 Å². The van der Waals surface area contributed by atoms with E-state index in [4.69, 9.17) is 0 Å². The highest BCUT2D eigenvalue weighted by Crippen LogP contribution is 1.99. The molecule has 0 radical (unpaired) electrons. The van der Waals surface area contributed by atoms with Crippen molar-refractivity contribution >= 4 is 29.9 Å². The van der Waals surface area contributed by atoms with Crippen LogP contribution in [0.5, 0.6) is 0 Å². The quantitative estimate of drug-likeness (QED) is 0.257. The molecule has 4 nitrogen and oxygen atoms in total. The molecule has 112 valence electrons. The SMILES string of the molecule is C=CCCCN(C)C(=NCc1ccccn1)NCC.I. The first-order valence-corrected chi connectivity index (χ1v) is 6.78. The van der Waals surface area contributed by atoms with Crippen LogP contribution in [0, 0.1) is 0 Å². The summed E-state index contributed by atoms with van der Waals surface area (Å²) in [6, 6.07) is 5.89. The Labute approximate surface area is 139 Å². The van der Waals surface area contributed by atoms with Gasteiger partial charge in [0.1, 0.15) is 0 Å². The molecule has 20 heavy (non-hydrogen) atoms. The number of hydrogen-bond acceptors (Lipinski definition) is 2. The average molecular weight is 388 g/mol. The monoisotopic (exact) mass is 388 g/mol. The summed E-state index contributed by atoms with van der Waals surface area (Å²) in [5, 5.41) is 3.30. The molecule has 0 spiro atoms. The van der Waals surface area contributed by atoms with Crippen molar-refractivity contribution in [2.45, 2.75) is 26.3 Å². The number of nitrogens with one attached hydrogen (secondary N) is 1. The minimum absolute atomic E-state index is 0. The van der Waals surface area contributed by atoms with Crippen LogP contribution >= 0.6 is 24.0 Å². The van der Waals surface area contributed by atoms with Crippen LogP contribution < -0.4 is 5.32 Å². The fourth-order valence-corrected chi connectivity index (χ4v) is 1.70. The number of aromatic nitrogens is 1. The van der Waals surface area contributed by atoms with Gasteiger partial charge >= 0.3 is 0 Å². The molecular formula is C15H25IN4. The second-order valence-electron chi connectivity index (χ2n) is 4.34. The van der Waals surface area contributed by atoms with E-state index in [-0.39, 0.29) is 24.0 Å². The van der Waals surface area contributed by atoms with Crippen LogP contribution in [0.3, 0.4) is 0 Å². The summed E-state index contributed by atoms with van der Waals surface area (Å²) >= 11 is 0. The van der Waals surface area contributed by atoms with Crippen LogP contribution in [-0.2, 0) is 6.54 Å². The maximum Gasteiger partial charge on any atom is 0.194 e. The lowest BCUT2D eigenvalue weighted by molar-refractivity contribution is 0.470. The van der Waals surface area contributed by atoms with E-state index in [1.807, 2.05) is 24.3 Å². The molecule has 1 aromatic rings. The minimum Gasteiger partial charge on any atom is -0.357 e. The molecule has 0 aromatic carbocycles. The Balaban J connectivity index is 0.00000361. The van der Waals surface area contributed by atoms with E-state index in [0.717, 1.165) is 37.6 Å². The molecule has 0 aliphatic carbocycles. The zero-order valence-corrected chi connectivity index (χ0v) is 14.7. The van der Waals surface area contributed by atoms with Gasteiger partial charge in [-0.3, -0.25) is 4.98 Å². The van der Waals surface area contributed by atoms with E-state index in [1.165, 1.54) is 0 Å². The highest BCUT2D eigenvalue weighted by molar-refractivity contribution is 14.0. The number of hydrogen-bond donors (Lipinski definition) is 1. The lowest BCUT2D eigenvalue weighted by Crippen LogP contribution is -2.39. The Hall–Kier alpha value is -1.11. The molecule has 1 heterocycles. The summed E-state index contributed by atoms with van der Waals surface area (Å²) in [6.07, 6.45) is 5.87. The van der Waals surface area contributed by atoms with Gasteiger partial charge in [0.2, 0.25) is 0 Å². The third-order valence-electron chi connectivity index (χ3n) is 2.72. The van der Waals surface area contributed by atoms with Crippen LogP contribution in [0.25, 0.3) is 0 Å². The molecule has 0 aliphatic heterocycles. The zero-order valence-electron chi connectivity index (χ0n) is 12.4. The van der Waals surface area contributed by atoms with Crippen molar-refractivity contribution in [1.82, 2.24) is 15.2 Å².